The van der Waals surface area contributed by atoms with Gasteiger partial charge in [-0.3, -0.25) is 0 Å². The van der Waals surface area contributed by atoms with Gasteiger partial charge in [0.2, 0.25) is 11.8 Å². The Morgan fingerprint density at radius 3 is 2.65 bits per heavy atom. The molecule has 2 heterocycles. The predicted octanol–water partition coefficient (Wildman–Crippen LogP) is 1.70. The number of aromatic nitrogens is 2. The number of anilines is 1. The summed E-state index contributed by atoms with van der Waals surface area (Å²) >= 11 is 0. The molecule has 2 unspecified atom stereocenters. The number of ether oxygens (including phenoxy) is 2. The lowest BCUT2D eigenvalue weighted by Gasteiger charge is -2.32. The average molecular weight is 237 g/mol. The largest absolute Gasteiger partial charge is 0.474 e. The van der Waals surface area contributed by atoms with E-state index in [0.717, 1.165) is 18.4 Å². The molecule has 5 heteroatoms. The minimum Gasteiger partial charge on any atom is -0.474 e. The smallest absolute Gasteiger partial charge is 0.223 e. The van der Waals surface area contributed by atoms with E-state index < -0.39 is 0 Å². The van der Waals surface area contributed by atoms with Gasteiger partial charge in [-0.05, 0) is 20.8 Å². The summed E-state index contributed by atoms with van der Waals surface area (Å²) in [6.45, 7) is 6.04. The summed E-state index contributed by atoms with van der Waals surface area (Å²) in [5.41, 5.74) is 6.47. The van der Waals surface area contributed by atoms with Gasteiger partial charge in [-0.1, -0.05) is 0 Å². The van der Waals surface area contributed by atoms with Crippen LogP contribution < -0.4 is 10.5 Å². The molecule has 94 valence electrons. The quantitative estimate of drug-likeness (QED) is 0.847. The van der Waals surface area contributed by atoms with Crippen LogP contribution in [0.4, 0.5) is 5.95 Å². The van der Waals surface area contributed by atoms with Gasteiger partial charge < -0.3 is 15.2 Å². The second-order valence-corrected chi connectivity index (χ2v) is 4.68. The van der Waals surface area contributed by atoms with Crippen LogP contribution in [0.1, 0.15) is 32.3 Å². The number of rotatable bonds is 2. The molecule has 2 rings (SSSR count). The molecule has 1 aromatic heterocycles. The molecule has 0 bridgehead atoms. The third kappa shape index (κ3) is 3.06. The van der Waals surface area contributed by atoms with Crippen molar-refractivity contribution in [3.63, 3.8) is 0 Å². The van der Waals surface area contributed by atoms with Crippen molar-refractivity contribution in [2.75, 3.05) is 5.73 Å². The highest BCUT2D eigenvalue weighted by Gasteiger charge is 2.26. The van der Waals surface area contributed by atoms with E-state index in [-0.39, 0.29) is 24.3 Å². The second-order valence-electron chi connectivity index (χ2n) is 4.68. The van der Waals surface area contributed by atoms with Crippen molar-refractivity contribution in [3.05, 3.63) is 11.8 Å². The van der Waals surface area contributed by atoms with Crippen molar-refractivity contribution < 1.29 is 9.47 Å². The molecule has 1 saturated heterocycles. The van der Waals surface area contributed by atoms with Crippen LogP contribution in [0.25, 0.3) is 0 Å². The van der Waals surface area contributed by atoms with Gasteiger partial charge in [0.25, 0.3) is 0 Å². The molecule has 0 spiro atoms. The molecule has 1 aromatic rings. The van der Waals surface area contributed by atoms with Crippen molar-refractivity contribution >= 4 is 5.95 Å². The first-order chi connectivity index (χ1) is 8.04. The molecule has 0 aliphatic carbocycles. The Labute approximate surface area is 101 Å². The van der Waals surface area contributed by atoms with Crippen LogP contribution >= 0.6 is 0 Å². The van der Waals surface area contributed by atoms with Crippen molar-refractivity contribution in [1.82, 2.24) is 9.97 Å². The molecular weight excluding hydrogens is 218 g/mol. The Morgan fingerprint density at radius 2 is 2.00 bits per heavy atom. The molecule has 17 heavy (non-hydrogen) atoms. The van der Waals surface area contributed by atoms with E-state index in [9.17, 15) is 0 Å². The number of hydrogen-bond donors (Lipinski definition) is 1. The number of nitrogens with two attached hydrogens (primary N) is 1. The predicted molar refractivity (Wildman–Crippen MR) is 64.8 cm³/mol. The number of hydrogen-bond acceptors (Lipinski definition) is 5. The van der Waals surface area contributed by atoms with Gasteiger partial charge in [-0.15, -0.1) is 0 Å². The molecule has 0 radical (unpaired) electrons. The summed E-state index contributed by atoms with van der Waals surface area (Å²) in [7, 11) is 0. The van der Waals surface area contributed by atoms with Gasteiger partial charge in [0, 0.05) is 24.6 Å². The monoisotopic (exact) mass is 237 g/mol. The van der Waals surface area contributed by atoms with Crippen LogP contribution in [0.3, 0.4) is 0 Å². The molecule has 1 fully saturated rings. The average Bonchev–Trinajstić information content (AvgIpc) is 2.22. The van der Waals surface area contributed by atoms with Gasteiger partial charge in [0.15, 0.2) is 0 Å². The Bertz CT molecular complexity index is 387. The van der Waals surface area contributed by atoms with E-state index in [2.05, 4.69) is 23.8 Å². The zero-order valence-corrected chi connectivity index (χ0v) is 10.5. The van der Waals surface area contributed by atoms with Crippen molar-refractivity contribution in [2.45, 2.75) is 51.9 Å². The lowest BCUT2D eigenvalue weighted by Crippen LogP contribution is -2.36. The summed E-state index contributed by atoms with van der Waals surface area (Å²) in [5, 5.41) is 0. The summed E-state index contributed by atoms with van der Waals surface area (Å²) < 4.78 is 11.6. The fourth-order valence-electron chi connectivity index (χ4n) is 2.16. The van der Waals surface area contributed by atoms with Crippen molar-refractivity contribution in [3.8, 4) is 5.88 Å². The van der Waals surface area contributed by atoms with E-state index in [1.54, 1.807) is 6.20 Å². The molecule has 5 nitrogen and oxygen atoms in total. The summed E-state index contributed by atoms with van der Waals surface area (Å²) in [6.07, 6.45) is 4.04. The minimum atomic E-state index is 0.141. The molecule has 1 aliphatic rings. The zero-order valence-electron chi connectivity index (χ0n) is 10.5. The van der Waals surface area contributed by atoms with Crippen molar-refractivity contribution in [2.24, 2.45) is 0 Å². The Balaban J connectivity index is 2.07. The normalized spacial score (nSPS) is 29.0. The van der Waals surface area contributed by atoms with Crippen molar-refractivity contribution in [1.29, 1.82) is 0 Å². The second kappa shape index (κ2) is 4.87. The molecular formula is C12H19N3O2. The zero-order chi connectivity index (χ0) is 12.4. The Kier molecular flexibility index (Phi) is 3.47. The third-order valence-electron chi connectivity index (χ3n) is 2.88. The number of nitrogens with zero attached hydrogens (tertiary/aromatic N) is 2. The van der Waals surface area contributed by atoms with Gasteiger partial charge in [0.05, 0.1) is 12.2 Å². The fraction of sp³-hybridized carbons (Fsp3) is 0.667. The number of aryl methyl sites for hydroxylation is 1. The van der Waals surface area contributed by atoms with Gasteiger partial charge >= 0.3 is 0 Å². The van der Waals surface area contributed by atoms with Gasteiger partial charge in [0.1, 0.15) is 6.10 Å². The molecule has 0 saturated carbocycles. The lowest BCUT2D eigenvalue weighted by atomic mass is 10.0. The van der Waals surface area contributed by atoms with E-state index in [4.69, 9.17) is 15.2 Å². The van der Waals surface area contributed by atoms with E-state index in [1.807, 2.05) is 6.92 Å². The van der Waals surface area contributed by atoms with E-state index in [0.29, 0.717) is 5.88 Å². The van der Waals surface area contributed by atoms with Crippen LogP contribution in [-0.4, -0.2) is 28.3 Å². The summed E-state index contributed by atoms with van der Waals surface area (Å²) in [6, 6.07) is 0. The molecule has 1 aliphatic heterocycles. The summed E-state index contributed by atoms with van der Waals surface area (Å²) in [5.74, 6) is 0.836. The SMILES string of the molecule is Cc1cnc(N)nc1OC1CC(C)OC(C)C1. The maximum absolute atomic E-state index is 5.90. The highest BCUT2D eigenvalue weighted by Crippen LogP contribution is 2.24. The van der Waals surface area contributed by atoms with Crippen LogP contribution in [-0.2, 0) is 4.74 Å². The van der Waals surface area contributed by atoms with E-state index in [1.165, 1.54) is 0 Å². The molecule has 0 amide bonds. The Morgan fingerprint density at radius 1 is 1.35 bits per heavy atom. The van der Waals surface area contributed by atoms with Crippen LogP contribution in [0.2, 0.25) is 0 Å². The third-order valence-corrected chi connectivity index (χ3v) is 2.88. The molecule has 2 N–H and O–H groups in total. The minimum absolute atomic E-state index is 0.141. The first-order valence-corrected chi connectivity index (χ1v) is 5.96. The maximum Gasteiger partial charge on any atom is 0.223 e. The Hall–Kier alpha value is -1.36. The van der Waals surface area contributed by atoms with Crippen LogP contribution in [0, 0.1) is 6.92 Å². The standard InChI is InChI=1S/C12H19N3O2/c1-7-6-14-12(13)15-11(7)17-10-4-8(2)16-9(3)5-10/h6,8-10H,4-5H2,1-3H3,(H2,13,14,15). The maximum atomic E-state index is 5.90. The lowest BCUT2D eigenvalue weighted by molar-refractivity contribution is -0.0730. The topological polar surface area (TPSA) is 70.3 Å². The molecule has 0 aromatic carbocycles. The van der Waals surface area contributed by atoms with Crippen LogP contribution in [0.5, 0.6) is 5.88 Å². The van der Waals surface area contributed by atoms with Gasteiger partial charge in [-0.2, -0.15) is 4.98 Å². The van der Waals surface area contributed by atoms with E-state index >= 15 is 0 Å². The first-order valence-electron chi connectivity index (χ1n) is 5.96. The first kappa shape index (κ1) is 12.1. The fourth-order valence-corrected chi connectivity index (χ4v) is 2.16. The summed E-state index contributed by atoms with van der Waals surface area (Å²) in [4.78, 5) is 8.04. The highest BCUT2D eigenvalue weighted by atomic mass is 16.5. The van der Waals surface area contributed by atoms with Crippen LogP contribution in [0.15, 0.2) is 6.20 Å². The number of nitrogen functional groups attached to an aromatic ring is 1. The highest BCUT2D eigenvalue weighted by molar-refractivity contribution is 5.28. The molecule has 2 atom stereocenters. The van der Waals surface area contributed by atoms with Gasteiger partial charge in [-0.25, -0.2) is 4.98 Å².